The molecule has 0 bridgehead atoms. The minimum atomic E-state index is -0.885. The zero-order valence-corrected chi connectivity index (χ0v) is 18.1. The van der Waals surface area contributed by atoms with Gasteiger partial charge in [-0.25, -0.2) is 4.79 Å². The molecule has 0 aliphatic heterocycles. The van der Waals surface area contributed by atoms with E-state index in [4.69, 9.17) is 21.8 Å². The summed E-state index contributed by atoms with van der Waals surface area (Å²) in [6.45, 7) is 3.81. The fraction of sp³-hybridized carbons (Fsp3) is 0.286. The monoisotopic (exact) mass is 432 g/mol. The Labute approximate surface area is 180 Å². The van der Waals surface area contributed by atoms with Crippen molar-refractivity contribution in [2.24, 2.45) is 0 Å². The standard InChI is InChI=1S/C21H24N2O4S2/c1-14(16-10-6-4-7-11-16)22-21(28)29-15(2)18(20(25)26-3)23-27-19(24)17-12-8-5-9-13-17/h4-15,18,23H,1-3H3,(H,22,28)/t14-,15-,18-/m0/s1. The normalized spacial score (nSPS) is 13.6. The van der Waals surface area contributed by atoms with E-state index in [0.717, 1.165) is 5.56 Å². The highest BCUT2D eigenvalue weighted by atomic mass is 32.2. The third-order valence-corrected chi connectivity index (χ3v) is 5.52. The molecule has 0 aliphatic carbocycles. The summed E-state index contributed by atoms with van der Waals surface area (Å²) < 4.78 is 5.36. The van der Waals surface area contributed by atoms with Crippen molar-refractivity contribution < 1.29 is 19.2 Å². The number of carbonyl (C=O) groups is 2. The largest absolute Gasteiger partial charge is 0.468 e. The molecule has 0 unspecified atom stereocenters. The molecule has 154 valence electrons. The van der Waals surface area contributed by atoms with Crippen molar-refractivity contribution in [2.45, 2.75) is 31.2 Å². The number of hydrogen-bond acceptors (Lipinski definition) is 7. The van der Waals surface area contributed by atoms with Crippen molar-refractivity contribution in [3.8, 4) is 0 Å². The Morgan fingerprint density at radius 3 is 2.17 bits per heavy atom. The Morgan fingerprint density at radius 1 is 1.00 bits per heavy atom. The molecule has 0 saturated heterocycles. The molecular formula is C21H24N2O4S2. The van der Waals surface area contributed by atoms with Crippen LogP contribution in [0.25, 0.3) is 0 Å². The van der Waals surface area contributed by atoms with Crippen LogP contribution in [-0.4, -0.2) is 34.7 Å². The van der Waals surface area contributed by atoms with Gasteiger partial charge in [0.15, 0.2) is 6.04 Å². The van der Waals surface area contributed by atoms with E-state index in [1.54, 1.807) is 37.3 Å². The lowest BCUT2D eigenvalue weighted by molar-refractivity contribution is -0.145. The van der Waals surface area contributed by atoms with Gasteiger partial charge in [0, 0.05) is 11.3 Å². The molecule has 8 heteroatoms. The average Bonchev–Trinajstić information content (AvgIpc) is 2.74. The van der Waals surface area contributed by atoms with Gasteiger partial charge in [-0.3, -0.25) is 4.79 Å². The molecule has 2 rings (SSSR count). The average molecular weight is 433 g/mol. The predicted molar refractivity (Wildman–Crippen MR) is 118 cm³/mol. The molecule has 2 N–H and O–H groups in total. The molecule has 3 atom stereocenters. The van der Waals surface area contributed by atoms with Crippen LogP contribution in [0.4, 0.5) is 0 Å². The number of rotatable bonds is 8. The van der Waals surface area contributed by atoms with Crippen molar-refractivity contribution >= 4 is 40.2 Å². The number of methoxy groups -OCH3 is 1. The second-order valence-electron chi connectivity index (χ2n) is 6.26. The highest BCUT2D eigenvalue weighted by molar-refractivity contribution is 8.23. The molecule has 0 heterocycles. The second-order valence-corrected chi connectivity index (χ2v) is 8.32. The molecule has 29 heavy (non-hydrogen) atoms. The Hall–Kier alpha value is -2.42. The van der Waals surface area contributed by atoms with E-state index < -0.39 is 18.0 Å². The number of nitrogens with one attached hydrogen (secondary N) is 2. The van der Waals surface area contributed by atoms with E-state index >= 15 is 0 Å². The summed E-state index contributed by atoms with van der Waals surface area (Å²) in [4.78, 5) is 29.4. The van der Waals surface area contributed by atoms with Crippen LogP contribution in [0.15, 0.2) is 60.7 Å². The SMILES string of the molecule is COC(=O)[C@@H](NOC(=O)c1ccccc1)[C@H](C)SC(=S)N[C@@H](C)c1ccccc1. The quantitative estimate of drug-likeness (QED) is 0.372. The van der Waals surface area contributed by atoms with Crippen molar-refractivity contribution in [3.05, 3.63) is 71.8 Å². The van der Waals surface area contributed by atoms with E-state index in [1.807, 2.05) is 37.3 Å². The molecule has 6 nitrogen and oxygen atoms in total. The summed E-state index contributed by atoms with van der Waals surface area (Å²) in [5.41, 5.74) is 4.00. The molecule has 0 amide bonds. The maximum atomic E-state index is 12.2. The van der Waals surface area contributed by atoms with Crippen LogP contribution in [0.5, 0.6) is 0 Å². The fourth-order valence-corrected chi connectivity index (χ4v) is 4.00. The van der Waals surface area contributed by atoms with Gasteiger partial charge in [-0.05, 0) is 24.6 Å². The van der Waals surface area contributed by atoms with E-state index in [1.165, 1.54) is 18.9 Å². The molecule has 0 spiro atoms. The van der Waals surface area contributed by atoms with Crippen LogP contribution in [-0.2, 0) is 14.4 Å². The number of esters is 1. The number of ether oxygens (including phenoxy) is 1. The van der Waals surface area contributed by atoms with E-state index in [2.05, 4.69) is 10.8 Å². The van der Waals surface area contributed by atoms with Crippen LogP contribution in [0.1, 0.15) is 35.8 Å². The van der Waals surface area contributed by atoms with Crippen LogP contribution in [0.3, 0.4) is 0 Å². The highest BCUT2D eigenvalue weighted by Crippen LogP contribution is 2.20. The first kappa shape index (κ1) is 22.9. The number of carbonyl (C=O) groups excluding carboxylic acids is 2. The Kier molecular flexibility index (Phi) is 9.11. The Bertz CT molecular complexity index is 818. The summed E-state index contributed by atoms with van der Waals surface area (Å²) in [5.74, 6) is -1.14. The first-order chi connectivity index (χ1) is 13.9. The summed E-state index contributed by atoms with van der Waals surface area (Å²) in [6.07, 6.45) is 0. The van der Waals surface area contributed by atoms with Gasteiger partial charge in [-0.2, -0.15) is 0 Å². The van der Waals surface area contributed by atoms with E-state index in [9.17, 15) is 9.59 Å². The molecule has 0 fully saturated rings. The second kappa shape index (κ2) is 11.5. The Morgan fingerprint density at radius 2 is 1.59 bits per heavy atom. The van der Waals surface area contributed by atoms with Crippen molar-refractivity contribution in [3.63, 3.8) is 0 Å². The lowest BCUT2D eigenvalue weighted by Gasteiger charge is -2.23. The smallest absolute Gasteiger partial charge is 0.356 e. The molecule has 0 aromatic heterocycles. The summed E-state index contributed by atoms with van der Waals surface area (Å²) >= 11 is 6.71. The topological polar surface area (TPSA) is 76.7 Å². The van der Waals surface area contributed by atoms with E-state index in [0.29, 0.717) is 9.88 Å². The summed E-state index contributed by atoms with van der Waals surface area (Å²) in [6, 6.07) is 17.5. The molecule has 0 radical (unpaired) electrons. The Balaban J connectivity index is 1.93. The van der Waals surface area contributed by atoms with Crippen LogP contribution < -0.4 is 10.8 Å². The predicted octanol–water partition coefficient (Wildman–Crippen LogP) is 3.65. The lowest BCUT2D eigenvalue weighted by Crippen LogP contribution is -2.46. The first-order valence-corrected chi connectivity index (χ1v) is 10.3. The molecule has 0 saturated carbocycles. The van der Waals surface area contributed by atoms with Gasteiger partial charge in [-0.15, -0.1) is 5.48 Å². The van der Waals surface area contributed by atoms with Crippen LogP contribution >= 0.6 is 24.0 Å². The number of benzene rings is 2. The lowest BCUT2D eigenvalue weighted by atomic mass is 10.1. The molecule has 2 aromatic carbocycles. The molecular weight excluding hydrogens is 408 g/mol. The minimum Gasteiger partial charge on any atom is -0.468 e. The van der Waals surface area contributed by atoms with Crippen molar-refractivity contribution in [1.29, 1.82) is 0 Å². The summed E-state index contributed by atoms with van der Waals surface area (Å²) in [7, 11) is 1.28. The van der Waals surface area contributed by atoms with Gasteiger partial charge < -0.3 is 14.9 Å². The highest BCUT2D eigenvalue weighted by Gasteiger charge is 2.29. The summed E-state index contributed by atoms with van der Waals surface area (Å²) in [5, 5.41) is 2.88. The number of thioether (sulfide) groups is 1. The van der Waals surface area contributed by atoms with Crippen LogP contribution in [0, 0.1) is 0 Å². The van der Waals surface area contributed by atoms with Gasteiger partial charge in [0.1, 0.15) is 4.32 Å². The van der Waals surface area contributed by atoms with Gasteiger partial charge in [0.05, 0.1) is 12.7 Å². The van der Waals surface area contributed by atoms with Gasteiger partial charge >= 0.3 is 11.9 Å². The zero-order valence-electron chi connectivity index (χ0n) is 16.5. The molecule has 0 aliphatic rings. The first-order valence-electron chi connectivity index (χ1n) is 9.04. The number of hydroxylamine groups is 1. The molecule has 2 aromatic rings. The van der Waals surface area contributed by atoms with Gasteiger partial charge in [0.2, 0.25) is 0 Å². The minimum absolute atomic E-state index is 0.0174. The van der Waals surface area contributed by atoms with Gasteiger partial charge in [0.25, 0.3) is 0 Å². The van der Waals surface area contributed by atoms with Gasteiger partial charge in [-0.1, -0.05) is 79.4 Å². The fourth-order valence-electron chi connectivity index (χ4n) is 2.49. The maximum absolute atomic E-state index is 12.2. The van der Waals surface area contributed by atoms with E-state index in [-0.39, 0.29) is 11.3 Å². The third-order valence-electron chi connectivity index (χ3n) is 4.14. The number of hydrogen-bond donors (Lipinski definition) is 2. The van der Waals surface area contributed by atoms with Crippen LogP contribution in [0.2, 0.25) is 0 Å². The van der Waals surface area contributed by atoms with Crippen molar-refractivity contribution in [1.82, 2.24) is 10.8 Å². The van der Waals surface area contributed by atoms with Crippen molar-refractivity contribution in [2.75, 3.05) is 7.11 Å². The zero-order chi connectivity index (χ0) is 21.2. The number of thiocarbonyl (C=S) groups is 1. The maximum Gasteiger partial charge on any atom is 0.356 e. The third kappa shape index (κ3) is 7.16.